The molecule has 16 heteroatoms. The van der Waals surface area contributed by atoms with Crippen molar-refractivity contribution in [2.75, 3.05) is 52.4 Å². The lowest BCUT2D eigenvalue weighted by Crippen LogP contribution is -2.42. The lowest BCUT2D eigenvalue weighted by molar-refractivity contribution is -0.132. The van der Waals surface area contributed by atoms with Crippen LogP contribution in [0, 0.1) is 46.9 Å². The van der Waals surface area contributed by atoms with Crippen LogP contribution in [0.25, 0.3) is 0 Å². The second kappa shape index (κ2) is 22.9. The number of amides is 6. The molecule has 0 aliphatic carbocycles. The van der Waals surface area contributed by atoms with Crippen molar-refractivity contribution in [2.45, 2.75) is 25.7 Å². The molecule has 0 aromatic heterocycles. The Kier molecular flexibility index (Phi) is 16.4. The van der Waals surface area contributed by atoms with Crippen molar-refractivity contribution >= 4 is 35.4 Å². The Labute approximate surface area is 391 Å². The van der Waals surface area contributed by atoms with Gasteiger partial charge < -0.3 is 31.1 Å². The molecule has 0 radical (unpaired) electrons. The van der Waals surface area contributed by atoms with Crippen LogP contribution < -0.4 is 21.3 Å². The zero-order valence-corrected chi connectivity index (χ0v) is 37.2. The van der Waals surface area contributed by atoms with E-state index in [9.17, 15) is 46.3 Å². The summed E-state index contributed by atoms with van der Waals surface area (Å²) in [7, 11) is 0. The maximum atomic E-state index is 14.0. The highest BCUT2D eigenvalue weighted by Gasteiger charge is 2.45. The number of hydrogen-bond donors (Lipinski definition) is 4. The topological polar surface area (TPSA) is 157 Å². The van der Waals surface area contributed by atoms with Crippen molar-refractivity contribution < 1.29 is 46.3 Å². The highest BCUT2D eigenvalue weighted by atomic mass is 19.1. The number of carbonyl (C=O) groups excluding carboxylic acids is 6. The van der Waals surface area contributed by atoms with E-state index in [4.69, 9.17) is 0 Å². The molecule has 12 nitrogen and oxygen atoms in total. The summed E-state index contributed by atoms with van der Waals surface area (Å²) < 4.78 is 55.0. The molecule has 5 aromatic carbocycles. The first-order chi connectivity index (χ1) is 32.8. The molecule has 68 heavy (non-hydrogen) atoms. The number of hydrogen-bond acceptors (Lipinski definition) is 6. The van der Waals surface area contributed by atoms with Gasteiger partial charge in [0.2, 0.25) is 23.6 Å². The predicted octanol–water partition coefficient (Wildman–Crippen LogP) is 5.06. The third kappa shape index (κ3) is 13.0. The second-order valence-corrected chi connectivity index (χ2v) is 17.1. The van der Waals surface area contributed by atoms with E-state index in [0.29, 0.717) is 47.9 Å². The Morgan fingerprint density at radius 1 is 0.382 bits per heavy atom. The normalized spacial score (nSPS) is 17.6. The molecule has 4 N–H and O–H groups in total. The molecule has 2 aliphatic heterocycles. The van der Waals surface area contributed by atoms with Crippen LogP contribution in [-0.2, 0) is 44.9 Å². The summed E-state index contributed by atoms with van der Waals surface area (Å²) in [6.45, 7) is 0.316. The zero-order valence-electron chi connectivity index (χ0n) is 37.2. The van der Waals surface area contributed by atoms with Gasteiger partial charge in [0.15, 0.2) is 0 Å². The fourth-order valence-electron chi connectivity index (χ4n) is 8.74. The average molecular weight is 933 g/mol. The molecule has 2 saturated heterocycles. The monoisotopic (exact) mass is 932 g/mol. The molecule has 2 aliphatic rings. The SMILES string of the molecule is O=C(NCCc1cccc(F)c1)[C@H]1CN(C(=O)c2ccc(C(=O)N3C[C@H](C(=O)NCCc4cccc(F)c4)[C@@H](C(=O)NCCc4cccc(F)c4)C3)cc2)C[C@@H]1C(=O)NCCc1cccc(F)c1. The standard InChI is InChI=1S/C52H52F4N6O6/c53-39-9-1-5-33(25-39)17-21-57-47(63)43-29-61(30-44(43)48(64)58-22-18-34-6-2-10-40(54)26-34)51(67)37-13-15-38(16-14-37)52(68)62-31-45(49(65)59-23-19-35-7-3-11-41(55)27-35)46(32-62)50(66)60-24-20-36-8-4-12-42(56)28-36/h1-16,25-28,43-46H,17-24,29-32H2,(H,57,63)(H,58,64)(H,59,65)(H,60,66)/t43-,44-,45-,46-/m0/s1. The quantitative estimate of drug-likeness (QED) is 0.0902. The Bertz CT molecular complexity index is 2310. The highest BCUT2D eigenvalue weighted by Crippen LogP contribution is 2.28. The van der Waals surface area contributed by atoms with Crippen LogP contribution in [0.4, 0.5) is 17.6 Å². The Balaban J connectivity index is 0.997. The third-order valence-corrected chi connectivity index (χ3v) is 12.3. The fourth-order valence-corrected chi connectivity index (χ4v) is 8.74. The molecule has 354 valence electrons. The number of carbonyl (C=O) groups is 6. The van der Waals surface area contributed by atoms with Gasteiger partial charge in [-0.05, 0) is 121 Å². The number of benzene rings is 5. The fraction of sp³-hybridized carbons (Fsp3) is 0.308. The number of nitrogens with zero attached hydrogens (tertiary/aromatic N) is 2. The van der Waals surface area contributed by atoms with Crippen molar-refractivity contribution in [1.29, 1.82) is 0 Å². The largest absolute Gasteiger partial charge is 0.355 e. The molecular formula is C52H52F4N6O6. The summed E-state index contributed by atoms with van der Waals surface area (Å²) in [5.41, 5.74) is 3.06. The molecule has 0 unspecified atom stereocenters. The number of halogens is 4. The van der Waals surface area contributed by atoms with E-state index in [2.05, 4.69) is 21.3 Å². The Hall–Kier alpha value is -7.36. The van der Waals surface area contributed by atoms with E-state index in [-0.39, 0.29) is 63.5 Å². The minimum atomic E-state index is -0.922. The molecule has 7 rings (SSSR count). The number of likely N-dealkylation sites (tertiary alicyclic amines) is 2. The van der Waals surface area contributed by atoms with Gasteiger partial charge in [-0.2, -0.15) is 0 Å². The van der Waals surface area contributed by atoms with Gasteiger partial charge in [-0.25, -0.2) is 17.6 Å². The van der Waals surface area contributed by atoms with Crippen molar-refractivity contribution in [1.82, 2.24) is 31.1 Å². The van der Waals surface area contributed by atoms with E-state index in [0.717, 1.165) is 0 Å². The van der Waals surface area contributed by atoms with E-state index in [1.807, 2.05) is 0 Å². The number of nitrogens with one attached hydrogen (secondary N) is 4. The van der Waals surface area contributed by atoms with Gasteiger partial charge in [-0.1, -0.05) is 48.5 Å². The van der Waals surface area contributed by atoms with Gasteiger partial charge in [0.1, 0.15) is 23.3 Å². The van der Waals surface area contributed by atoms with Crippen molar-refractivity contribution in [3.63, 3.8) is 0 Å². The van der Waals surface area contributed by atoms with Gasteiger partial charge in [0.25, 0.3) is 11.8 Å². The van der Waals surface area contributed by atoms with Crippen LogP contribution in [0.2, 0.25) is 0 Å². The van der Waals surface area contributed by atoms with E-state index in [1.54, 1.807) is 48.5 Å². The second-order valence-electron chi connectivity index (χ2n) is 17.1. The van der Waals surface area contributed by atoms with Crippen molar-refractivity contribution in [3.8, 4) is 0 Å². The summed E-state index contributed by atoms with van der Waals surface area (Å²) in [4.78, 5) is 85.2. The smallest absolute Gasteiger partial charge is 0.253 e. The molecule has 0 saturated carbocycles. The molecule has 2 heterocycles. The average Bonchev–Trinajstić information content (AvgIpc) is 3.98. The zero-order chi connectivity index (χ0) is 48.2. The first kappa shape index (κ1) is 48.6. The summed E-state index contributed by atoms with van der Waals surface area (Å²) in [5, 5.41) is 11.3. The van der Waals surface area contributed by atoms with Gasteiger partial charge in [0.05, 0.1) is 23.7 Å². The summed E-state index contributed by atoms with van der Waals surface area (Å²) >= 11 is 0. The maximum Gasteiger partial charge on any atom is 0.253 e. The van der Waals surface area contributed by atoms with E-state index in [1.165, 1.54) is 82.6 Å². The Morgan fingerprint density at radius 2 is 0.618 bits per heavy atom. The number of rotatable bonds is 18. The van der Waals surface area contributed by atoms with Crippen molar-refractivity contribution in [2.24, 2.45) is 23.7 Å². The van der Waals surface area contributed by atoms with Gasteiger partial charge in [-0.3, -0.25) is 28.8 Å². The Morgan fingerprint density at radius 3 is 0.838 bits per heavy atom. The summed E-state index contributed by atoms with van der Waals surface area (Å²) in [5.74, 6) is -8.09. The summed E-state index contributed by atoms with van der Waals surface area (Å²) in [6, 6.07) is 29.8. The minimum Gasteiger partial charge on any atom is -0.355 e. The van der Waals surface area contributed by atoms with Crippen molar-refractivity contribution in [3.05, 3.63) is 178 Å². The van der Waals surface area contributed by atoms with Gasteiger partial charge in [0, 0.05) is 63.5 Å². The lowest BCUT2D eigenvalue weighted by atomic mass is 9.94. The van der Waals surface area contributed by atoms with Crippen LogP contribution in [0.15, 0.2) is 121 Å². The van der Waals surface area contributed by atoms with Gasteiger partial charge in [-0.15, -0.1) is 0 Å². The highest BCUT2D eigenvalue weighted by molar-refractivity contribution is 6.00. The van der Waals surface area contributed by atoms with Crippen LogP contribution in [0.1, 0.15) is 43.0 Å². The molecule has 0 spiro atoms. The first-order valence-electron chi connectivity index (χ1n) is 22.6. The van der Waals surface area contributed by atoms with Crippen LogP contribution in [-0.4, -0.2) is 97.6 Å². The molecule has 0 bridgehead atoms. The first-order valence-corrected chi connectivity index (χ1v) is 22.6. The van der Waals surface area contributed by atoms with Crippen LogP contribution in [0.3, 0.4) is 0 Å². The molecule has 6 amide bonds. The summed E-state index contributed by atoms with van der Waals surface area (Å²) in [6.07, 6.45) is 1.35. The molecule has 5 aromatic rings. The van der Waals surface area contributed by atoms with E-state index >= 15 is 0 Å². The van der Waals surface area contributed by atoms with E-state index < -0.39 is 82.4 Å². The van der Waals surface area contributed by atoms with Crippen LogP contribution in [0.5, 0.6) is 0 Å². The third-order valence-electron chi connectivity index (χ3n) is 12.3. The molecule has 2 fully saturated rings. The lowest BCUT2D eigenvalue weighted by Gasteiger charge is -2.18. The minimum absolute atomic E-state index is 0.0849. The van der Waals surface area contributed by atoms with Crippen LogP contribution >= 0.6 is 0 Å². The molecular weight excluding hydrogens is 881 g/mol. The van der Waals surface area contributed by atoms with Gasteiger partial charge >= 0.3 is 0 Å². The predicted molar refractivity (Wildman–Crippen MR) is 245 cm³/mol. The molecule has 4 atom stereocenters. The maximum absolute atomic E-state index is 14.0.